The fraction of sp³-hybridized carbons (Fsp3) is 0.583. The third-order valence-corrected chi connectivity index (χ3v) is 8.54. The van der Waals surface area contributed by atoms with E-state index in [9.17, 15) is 15.0 Å². The number of nitrogens with zero attached hydrogens (tertiary/aromatic N) is 2. The molecule has 158 valence electrons. The van der Waals surface area contributed by atoms with Crippen LogP contribution in [0.3, 0.4) is 0 Å². The highest BCUT2D eigenvalue weighted by atomic mass is 16.3. The topological polar surface area (TPSA) is 87.4 Å². The fourth-order valence-corrected chi connectivity index (χ4v) is 7.60. The Morgan fingerprint density at radius 2 is 2.00 bits per heavy atom. The summed E-state index contributed by atoms with van der Waals surface area (Å²) in [5.41, 5.74) is 3.60. The first-order valence-electron chi connectivity index (χ1n) is 11.3. The van der Waals surface area contributed by atoms with Crippen molar-refractivity contribution in [3.63, 3.8) is 0 Å². The average molecular weight is 408 g/mol. The van der Waals surface area contributed by atoms with Crippen LogP contribution >= 0.6 is 0 Å². The summed E-state index contributed by atoms with van der Waals surface area (Å²) in [6, 6.07) is 8.76. The number of aliphatic hydroxyl groups is 2. The van der Waals surface area contributed by atoms with Crippen molar-refractivity contribution in [3.8, 4) is 11.3 Å². The van der Waals surface area contributed by atoms with Crippen LogP contribution in [-0.4, -0.2) is 44.4 Å². The molecule has 0 saturated heterocycles. The van der Waals surface area contributed by atoms with E-state index in [0.29, 0.717) is 24.2 Å². The molecule has 4 saturated carbocycles. The van der Waals surface area contributed by atoms with E-state index in [4.69, 9.17) is 0 Å². The maximum atomic E-state index is 11.8. The number of rotatable bonds is 5. The van der Waals surface area contributed by atoms with E-state index in [2.05, 4.69) is 39.1 Å². The number of imidazole rings is 1. The fourth-order valence-electron chi connectivity index (χ4n) is 7.60. The minimum absolute atomic E-state index is 0.0464. The van der Waals surface area contributed by atoms with Crippen LogP contribution in [0.15, 0.2) is 36.8 Å². The molecule has 1 aliphatic heterocycles. The van der Waals surface area contributed by atoms with Crippen molar-refractivity contribution in [2.45, 2.75) is 56.7 Å². The Balaban J connectivity index is 1.26. The Labute approximate surface area is 176 Å². The molecule has 1 aromatic heterocycles. The Morgan fingerprint density at radius 1 is 1.23 bits per heavy atom. The number of aromatic nitrogens is 2. The molecule has 0 spiro atoms. The number of hydrogen-bond acceptors (Lipinski definition) is 4. The van der Waals surface area contributed by atoms with Gasteiger partial charge in [-0.25, -0.2) is 4.98 Å². The van der Waals surface area contributed by atoms with E-state index >= 15 is 0 Å². The van der Waals surface area contributed by atoms with Gasteiger partial charge in [0.25, 0.3) is 0 Å². The van der Waals surface area contributed by atoms with Crippen LogP contribution in [0.2, 0.25) is 0 Å². The molecule has 4 atom stereocenters. The smallest absolute Gasteiger partial charge is 0.245 e. The van der Waals surface area contributed by atoms with Crippen LogP contribution in [0.5, 0.6) is 0 Å². The highest BCUT2D eigenvalue weighted by Crippen LogP contribution is 2.62. The van der Waals surface area contributed by atoms with Gasteiger partial charge < -0.3 is 20.1 Å². The predicted octanol–water partition coefficient (Wildman–Crippen LogP) is 2.51. The third-order valence-electron chi connectivity index (χ3n) is 8.54. The molecule has 5 aliphatic rings. The summed E-state index contributed by atoms with van der Waals surface area (Å²) in [5, 5.41) is 23.9. The van der Waals surface area contributed by atoms with Gasteiger partial charge in [-0.05, 0) is 67.3 Å². The van der Waals surface area contributed by atoms with Crippen LogP contribution in [0.4, 0.5) is 0 Å². The molecule has 2 heterocycles. The first-order valence-corrected chi connectivity index (χ1v) is 11.3. The maximum absolute atomic E-state index is 11.8. The molecule has 7 rings (SSSR count). The Kier molecular flexibility index (Phi) is 4.12. The first kappa shape index (κ1) is 18.6. The number of amides is 1. The molecular formula is C24H29N3O3. The van der Waals surface area contributed by atoms with Gasteiger partial charge in [0.2, 0.25) is 5.91 Å². The predicted molar refractivity (Wildman–Crippen MR) is 111 cm³/mol. The SMILES string of the molecule is O=C(CO)NC1C2CC3CC1CC(C(O)CC1c4ccccc4-c4cncn41)(C3)C2. The van der Waals surface area contributed by atoms with Crippen molar-refractivity contribution in [3.05, 3.63) is 42.4 Å². The van der Waals surface area contributed by atoms with Crippen LogP contribution in [0, 0.1) is 23.2 Å². The molecule has 2 aromatic rings. The van der Waals surface area contributed by atoms with E-state index in [0.717, 1.165) is 37.8 Å². The number of carbonyl (C=O) groups excluding carboxylic acids is 1. The Hall–Kier alpha value is -2.18. The second-order valence-electron chi connectivity index (χ2n) is 10.1. The summed E-state index contributed by atoms with van der Waals surface area (Å²) < 4.78 is 2.22. The molecule has 4 unspecified atom stereocenters. The summed E-state index contributed by atoms with van der Waals surface area (Å²) in [6.07, 6.45) is 9.49. The van der Waals surface area contributed by atoms with Gasteiger partial charge in [-0.1, -0.05) is 24.3 Å². The Morgan fingerprint density at radius 3 is 2.77 bits per heavy atom. The molecular weight excluding hydrogens is 378 g/mol. The van der Waals surface area contributed by atoms with E-state index in [1.165, 1.54) is 11.1 Å². The minimum Gasteiger partial charge on any atom is -0.392 e. The molecule has 30 heavy (non-hydrogen) atoms. The van der Waals surface area contributed by atoms with Gasteiger partial charge in [0.1, 0.15) is 6.61 Å². The number of carbonyl (C=O) groups is 1. The summed E-state index contributed by atoms with van der Waals surface area (Å²) in [7, 11) is 0. The summed E-state index contributed by atoms with van der Waals surface area (Å²) in [4.78, 5) is 16.2. The minimum atomic E-state index is -0.443. The summed E-state index contributed by atoms with van der Waals surface area (Å²) in [5.74, 6) is 1.22. The van der Waals surface area contributed by atoms with Crippen molar-refractivity contribution in [2.24, 2.45) is 23.2 Å². The highest BCUT2D eigenvalue weighted by Gasteiger charge is 2.58. The Bertz CT molecular complexity index is 970. The molecule has 0 radical (unpaired) electrons. The second kappa shape index (κ2) is 6.66. The summed E-state index contributed by atoms with van der Waals surface area (Å²) >= 11 is 0. The van der Waals surface area contributed by atoms with Gasteiger partial charge in [0.05, 0.1) is 30.4 Å². The number of nitrogens with one attached hydrogen (secondary N) is 1. The maximum Gasteiger partial charge on any atom is 0.245 e. The number of fused-ring (bicyclic) bond motifs is 3. The van der Waals surface area contributed by atoms with Gasteiger partial charge in [0.15, 0.2) is 0 Å². The van der Waals surface area contributed by atoms with Crippen LogP contribution < -0.4 is 5.32 Å². The molecule has 1 amide bonds. The summed E-state index contributed by atoms with van der Waals surface area (Å²) in [6.45, 7) is -0.443. The largest absolute Gasteiger partial charge is 0.392 e. The van der Waals surface area contributed by atoms with Gasteiger partial charge in [-0.2, -0.15) is 0 Å². The second-order valence-corrected chi connectivity index (χ2v) is 10.1. The van der Waals surface area contributed by atoms with Crippen molar-refractivity contribution in [1.29, 1.82) is 0 Å². The van der Waals surface area contributed by atoms with Gasteiger partial charge in [-0.15, -0.1) is 0 Å². The van der Waals surface area contributed by atoms with Crippen molar-refractivity contribution < 1.29 is 15.0 Å². The van der Waals surface area contributed by atoms with Crippen LogP contribution in [-0.2, 0) is 4.79 Å². The number of aliphatic hydroxyl groups excluding tert-OH is 2. The van der Waals surface area contributed by atoms with Gasteiger partial charge in [-0.3, -0.25) is 4.79 Å². The molecule has 3 N–H and O–H groups in total. The molecule has 6 heteroatoms. The van der Waals surface area contributed by atoms with E-state index in [1.807, 2.05) is 12.5 Å². The van der Waals surface area contributed by atoms with Gasteiger partial charge in [0, 0.05) is 11.6 Å². The molecule has 4 fully saturated rings. The quantitative estimate of drug-likeness (QED) is 0.711. The number of benzene rings is 1. The number of hydrogen-bond donors (Lipinski definition) is 3. The normalized spacial score (nSPS) is 36.4. The lowest BCUT2D eigenvalue weighted by atomic mass is 9.46. The lowest BCUT2D eigenvalue weighted by Crippen LogP contribution is -2.62. The van der Waals surface area contributed by atoms with Crippen molar-refractivity contribution in [2.75, 3.05) is 6.61 Å². The van der Waals surface area contributed by atoms with Crippen LogP contribution in [0.1, 0.15) is 50.1 Å². The molecule has 6 nitrogen and oxygen atoms in total. The molecule has 4 bridgehead atoms. The van der Waals surface area contributed by atoms with Crippen molar-refractivity contribution in [1.82, 2.24) is 14.9 Å². The monoisotopic (exact) mass is 407 g/mol. The lowest BCUT2D eigenvalue weighted by molar-refractivity contribution is -0.146. The molecule has 1 aromatic carbocycles. The van der Waals surface area contributed by atoms with Gasteiger partial charge >= 0.3 is 0 Å². The molecule has 4 aliphatic carbocycles. The third kappa shape index (κ3) is 2.63. The highest BCUT2D eigenvalue weighted by molar-refractivity contribution is 5.77. The average Bonchev–Trinajstić information content (AvgIpc) is 3.33. The van der Waals surface area contributed by atoms with Crippen molar-refractivity contribution >= 4 is 5.91 Å². The zero-order valence-corrected chi connectivity index (χ0v) is 17.1. The van der Waals surface area contributed by atoms with E-state index in [1.54, 1.807) is 0 Å². The van der Waals surface area contributed by atoms with E-state index < -0.39 is 6.61 Å². The zero-order valence-electron chi connectivity index (χ0n) is 17.1. The first-order chi connectivity index (χ1) is 14.6. The standard InChI is InChI=1S/C24H29N3O3/c28-12-22(30)26-23-15-5-14-6-16(23)10-24(8-14,9-15)21(29)7-19-17-3-1-2-4-18(17)20-11-25-13-27(19)20/h1-4,11,13-16,19,21,23,28-29H,5-10,12H2,(H,26,30). The van der Waals surface area contributed by atoms with E-state index in [-0.39, 0.29) is 29.5 Å². The zero-order chi connectivity index (χ0) is 20.5. The lowest BCUT2D eigenvalue weighted by Gasteiger charge is -2.61. The van der Waals surface area contributed by atoms with Crippen LogP contribution in [0.25, 0.3) is 11.3 Å².